The van der Waals surface area contributed by atoms with Crippen LogP contribution in [0.25, 0.3) is 6.08 Å². The van der Waals surface area contributed by atoms with Crippen molar-refractivity contribution in [2.24, 2.45) is 4.99 Å². The molecule has 0 spiro atoms. The van der Waals surface area contributed by atoms with E-state index in [0.717, 1.165) is 0 Å². The van der Waals surface area contributed by atoms with Crippen LogP contribution in [0.3, 0.4) is 0 Å². The van der Waals surface area contributed by atoms with Gasteiger partial charge in [-0.15, -0.1) is 0 Å². The summed E-state index contributed by atoms with van der Waals surface area (Å²) >= 11 is 1.22. The Morgan fingerprint density at radius 1 is 1.27 bits per heavy atom. The van der Waals surface area contributed by atoms with Crippen LogP contribution in [0.5, 0.6) is 11.5 Å². The van der Waals surface area contributed by atoms with Crippen molar-refractivity contribution in [2.75, 3.05) is 20.8 Å². The highest BCUT2D eigenvalue weighted by molar-refractivity contribution is 7.07. The number of hydrogen-bond acceptors (Lipinski definition) is 8. The number of hydrogen-bond donors (Lipinski definition) is 0. The van der Waals surface area contributed by atoms with Crippen LogP contribution < -0.4 is 24.4 Å². The minimum Gasteiger partial charge on any atom is -0.493 e. The lowest BCUT2D eigenvalue weighted by Crippen LogP contribution is -2.40. The number of thiazole rings is 1. The van der Waals surface area contributed by atoms with Gasteiger partial charge in [0.1, 0.15) is 12.4 Å². The van der Waals surface area contributed by atoms with E-state index in [2.05, 4.69) is 11.6 Å². The summed E-state index contributed by atoms with van der Waals surface area (Å²) in [5.41, 5.74) is 1.09. The fourth-order valence-corrected chi connectivity index (χ4v) is 4.66. The predicted octanol–water partition coefficient (Wildman–Crippen LogP) is 2.57. The minimum absolute atomic E-state index is 0.0389. The first-order chi connectivity index (χ1) is 16.0. The third-order valence-corrected chi connectivity index (χ3v) is 6.10. The van der Waals surface area contributed by atoms with E-state index in [4.69, 9.17) is 18.6 Å². The quantitative estimate of drug-likeness (QED) is 0.393. The van der Waals surface area contributed by atoms with Crippen LogP contribution in [0.15, 0.2) is 74.7 Å². The molecule has 1 aromatic carbocycles. The molecule has 170 valence electrons. The number of ether oxygens (including phenoxy) is 3. The highest BCUT2D eigenvalue weighted by Crippen LogP contribution is 2.36. The molecule has 1 atom stereocenters. The van der Waals surface area contributed by atoms with Gasteiger partial charge in [0.2, 0.25) is 0 Å². The number of furan rings is 1. The van der Waals surface area contributed by atoms with Gasteiger partial charge in [-0.2, -0.15) is 0 Å². The maximum Gasteiger partial charge on any atom is 0.338 e. The predicted molar refractivity (Wildman–Crippen MR) is 123 cm³/mol. The molecule has 0 amide bonds. The zero-order valence-corrected chi connectivity index (χ0v) is 19.2. The zero-order chi connectivity index (χ0) is 23.5. The van der Waals surface area contributed by atoms with Crippen molar-refractivity contribution in [1.29, 1.82) is 0 Å². The zero-order valence-electron chi connectivity index (χ0n) is 18.4. The molecular formula is C24H22N2O6S. The molecule has 9 heteroatoms. The lowest BCUT2D eigenvalue weighted by Gasteiger charge is -2.25. The number of carbonyl (C=O) groups excluding carboxylic acids is 1. The molecule has 0 N–H and O–H groups in total. The molecule has 3 aromatic rings. The fraction of sp³-hybridized carbons (Fsp3) is 0.208. The van der Waals surface area contributed by atoms with Gasteiger partial charge in [0, 0.05) is 6.08 Å². The summed E-state index contributed by atoms with van der Waals surface area (Å²) in [6.07, 6.45) is 4.68. The average molecular weight is 467 g/mol. The highest BCUT2D eigenvalue weighted by atomic mass is 32.1. The smallest absolute Gasteiger partial charge is 0.338 e. The monoisotopic (exact) mass is 466 g/mol. The molecule has 0 saturated carbocycles. The van der Waals surface area contributed by atoms with Gasteiger partial charge in [0.15, 0.2) is 16.3 Å². The van der Waals surface area contributed by atoms with E-state index in [1.54, 1.807) is 43.3 Å². The number of aromatic nitrogens is 1. The van der Waals surface area contributed by atoms with E-state index in [1.165, 1.54) is 42.5 Å². The SMILES string of the molecule is C=CCOC(=O)C1=C(C)N=c2s/c(=C\c3ccco3)c(=O)n2[C@H]1c1ccc(OC)c(OC)c1. The second-order valence-corrected chi connectivity index (χ2v) is 8.11. The Kier molecular flexibility index (Phi) is 6.32. The largest absolute Gasteiger partial charge is 0.493 e. The maximum absolute atomic E-state index is 13.5. The van der Waals surface area contributed by atoms with E-state index >= 15 is 0 Å². The summed E-state index contributed by atoms with van der Waals surface area (Å²) in [5.74, 6) is 0.977. The maximum atomic E-state index is 13.5. The molecule has 1 aliphatic rings. The van der Waals surface area contributed by atoms with E-state index in [0.29, 0.717) is 37.9 Å². The molecule has 0 radical (unpaired) electrons. The topological polar surface area (TPSA) is 92.3 Å². The van der Waals surface area contributed by atoms with Crippen LogP contribution in [-0.2, 0) is 9.53 Å². The number of methoxy groups -OCH3 is 2. The van der Waals surface area contributed by atoms with E-state index in [9.17, 15) is 9.59 Å². The van der Waals surface area contributed by atoms with Crippen LogP contribution in [0, 0.1) is 0 Å². The molecule has 0 aliphatic carbocycles. The lowest BCUT2D eigenvalue weighted by atomic mass is 9.95. The minimum atomic E-state index is -0.767. The first-order valence-corrected chi connectivity index (χ1v) is 10.9. The van der Waals surface area contributed by atoms with Gasteiger partial charge >= 0.3 is 5.97 Å². The van der Waals surface area contributed by atoms with Crippen LogP contribution in [0.2, 0.25) is 0 Å². The van der Waals surface area contributed by atoms with Gasteiger partial charge < -0.3 is 18.6 Å². The Morgan fingerprint density at radius 2 is 2.06 bits per heavy atom. The number of fused-ring (bicyclic) bond motifs is 1. The Hall–Kier alpha value is -3.85. The highest BCUT2D eigenvalue weighted by Gasteiger charge is 2.34. The number of rotatable bonds is 7. The summed E-state index contributed by atoms with van der Waals surface area (Å²) in [6, 6.07) is 7.99. The number of allylic oxidation sites excluding steroid dienone is 1. The van der Waals surface area contributed by atoms with Crippen LogP contribution in [0.4, 0.5) is 0 Å². The van der Waals surface area contributed by atoms with E-state index in [1.807, 2.05) is 0 Å². The summed E-state index contributed by atoms with van der Waals surface area (Å²) in [5, 5.41) is 0. The molecule has 2 aromatic heterocycles. The summed E-state index contributed by atoms with van der Waals surface area (Å²) in [6.45, 7) is 5.35. The standard InChI is InChI=1S/C24H22N2O6S/c1-5-10-32-23(28)20-14(2)25-24-26(22(27)19(33-24)13-16-7-6-11-31-16)21(20)15-8-9-17(29-3)18(12-15)30-4/h5-9,11-13,21H,1,10H2,2-4H3/b19-13-/t21-/m0/s1. The number of carbonyl (C=O) groups is 1. The Morgan fingerprint density at radius 3 is 2.73 bits per heavy atom. The molecule has 8 nitrogen and oxygen atoms in total. The lowest BCUT2D eigenvalue weighted by molar-refractivity contribution is -0.138. The van der Waals surface area contributed by atoms with Gasteiger partial charge in [-0.05, 0) is 36.8 Å². The second-order valence-electron chi connectivity index (χ2n) is 7.10. The Bertz CT molecular complexity index is 1410. The third-order valence-electron chi connectivity index (χ3n) is 5.11. The average Bonchev–Trinajstić information content (AvgIpc) is 3.44. The van der Waals surface area contributed by atoms with E-state index < -0.39 is 12.0 Å². The van der Waals surface area contributed by atoms with Gasteiger partial charge in [0.25, 0.3) is 5.56 Å². The van der Waals surface area contributed by atoms with Crippen LogP contribution in [0.1, 0.15) is 24.3 Å². The molecule has 0 saturated heterocycles. The second kappa shape index (κ2) is 9.33. The first-order valence-electron chi connectivity index (χ1n) is 10.0. The van der Waals surface area contributed by atoms with Crippen molar-refractivity contribution < 1.29 is 23.4 Å². The summed E-state index contributed by atoms with van der Waals surface area (Å²) in [4.78, 5) is 31.5. The summed E-state index contributed by atoms with van der Waals surface area (Å²) in [7, 11) is 3.06. The van der Waals surface area contributed by atoms with Crippen molar-refractivity contribution >= 4 is 23.4 Å². The van der Waals surface area contributed by atoms with Crippen molar-refractivity contribution in [3.05, 3.63) is 91.5 Å². The van der Waals surface area contributed by atoms with Crippen molar-refractivity contribution in [1.82, 2.24) is 4.57 Å². The molecule has 1 aliphatic heterocycles. The van der Waals surface area contributed by atoms with Crippen LogP contribution in [-0.4, -0.2) is 31.4 Å². The van der Waals surface area contributed by atoms with Crippen LogP contribution >= 0.6 is 11.3 Å². The number of nitrogens with zero attached hydrogens (tertiary/aromatic N) is 2. The van der Waals surface area contributed by atoms with E-state index in [-0.39, 0.29) is 17.7 Å². The van der Waals surface area contributed by atoms with Crippen molar-refractivity contribution in [2.45, 2.75) is 13.0 Å². The van der Waals surface area contributed by atoms with Gasteiger partial charge in [-0.25, -0.2) is 9.79 Å². The molecular weight excluding hydrogens is 444 g/mol. The Labute approximate surface area is 193 Å². The fourth-order valence-electron chi connectivity index (χ4n) is 3.64. The Balaban J connectivity index is 1.96. The van der Waals surface area contributed by atoms with Gasteiger partial charge in [-0.1, -0.05) is 30.1 Å². The number of esters is 1. The molecule has 3 heterocycles. The first kappa shape index (κ1) is 22.3. The molecule has 4 rings (SSSR count). The summed E-state index contributed by atoms with van der Waals surface area (Å²) < 4.78 is 23.4. The number of benzene rings is 1. The molecule has 0 unspecified atom stereocenters. The third kappa shape index (κ3) is 4.14. The van der Waals surface area contributed by atoms with Crippen molar-refractivity contribution in [3.63, 3.8) is 0 Å². The van der Waals surface area contributed by atoms with Crippen molar-refractivity contribution in [3.8, 4) is 11.5 Å². The van der Waals surface area contributed by atoms with Gasteiger partial charge in [-0.3, -0.25) is 9.36 Å². The molecule has 0 bridgehead atoms. The molecule has 33 heavy (non-hydrogen) atoms. The normalized spacial score (nSPS) is 15.6. The molecule has 0 fully saturated rings. The van der Waals surface area contributed by atoms with Gasteiger partial charge in [0.05, 0.1) is 42.3 Å².